The van der Waals surface area contributed by atoms with Crippen molar-refractivity contribution in [2.45, 2.75) is 103 Å². The Labute approximate surface area is 281 Å². The summed E-state index contributed by atoms with van der Waals surface area (Å²) in [6, 6.07) is 4.29. The Balaban J connectivity index is 1.40. The highest BCUT2D eigenvalue weighted by Gasteiger charge is 2.56. The molecule has 1 aromatic rings. The lowest BCUT2D eigenvalue weighted by molar-refractivity contribution is -0.145. The van der Waals surface area contributed by atoms with Gasteiger partial charge in [-0.2, -0.15) is 0 Å². The number of benzene rings is 1. The van der Waals surface area contributed by atoms with Crippen molar-refractivity contribution in [3.63, 3.8) is 0 Å². The zero-order valence-electron chi connectivity index (χ0n) is 28.2. The van der Waals surface area contributed by atoms with E-state index < -0.39 is 52.6 Å². The van der Waals surface area contributed by atoms with E-state index in [9.17, 15) is 24.0 Å². The van der Waals surface area contributed by atoms with Crippen LogP contribution in [0.5, 0.6) is 0 Å². The molecule has 3 N–H and O–H groups in total. The van der Waals surface area contributed by atoms with Gasteiger partial charge in [0.05, 0.1) is 18.3 Å². The Kier molecular flexibility index (Phi) is 10.1. The second-order valence-corrected chi connectivity index (χ2v) is 15.8. The molecule has 5 rings (SSSR count). The minimum atomic E-state index is -1.02. The van der Waals surface area contributed by atoms with Crippen molar-refractivity contribution >= 4 is 46.7 Å². The first-order valence-electron chi connectivity index (χ1n) is 16.8. The molecular weight excluding hydrogens is 622 g/mol. The van der Waals surface area contributed by atoms with Gasteiger partial charge in [0.1, 0.15) is 12.1 Å². The second kappa shape index (κ2) is 13.6. The van der Waals surface area contributed by atoms with Crippen molar-refractivity contribution < 1.29 is 28.8 Å². The van der Waals surface area contributed by atoms with E-state index >= 15 is 0 Å². The number of likely N-dealkylation sites (tertiary alicyclic amines) is 1. The summed E-state index contributed by atoms with van der Waals surface area (Å²) in [6.45, 7) is 9.97. The molecule has 1 unspecified atom stereocenters. The van der Waals surface area contributed by atoms with E-state index in [1.165, 1.54) is 11.9 Å². The van der Waals surface area contributed by atoms with Gasteiger partial charge in [-0.15, -0.1) is 0 Å². The van der Waals surface area contributed by atoms with Gasteiger partial charge >= 0.3 is 0 Å². The number of ketones is 1. The molecule has 2 saturated carbocycles. The highest BCUT2D eigenvalue weighted by molar-refractivity contribution is 6.38. The summed E-state index contributed by atoms with van der Waals surface area (Å²) >= 11 is 6.24. The monoisotopic (exact) mass is 669 g/mol. The van der Waals surface area contributed by atoms with Gasteiger partial charge in [0, 0.05) is 36.4 Å². The molecule has 2 aliphatic carbocycles. The molecule has 2 aliphatic heterocycles. The molecule has 6 atom stereocenters. The van der Waals surface area contributed by atoms with Crippen LogP contribution in [0.1, 0.15) is 85.1 Å². The molecule has 1 aromatic carbocycles. The van der Waals surface area contributed by atoms with Gasteiger partial charge in [0.25, 0.3) is 5.91 Å². The smallest absolute Gasteiger partial charge is 0.289 e. The molecule has 1 spiro atoms. The Morgan fingerprint density at radius 3 is 2.43 bits per heavy atom. The highest BCUT2D eigenvalue weighted by Crippen LogP contribution is 2.44. The lowest BCUT2D eigenvalue weighted by atomic mass is 9.85. The third kappa shape index (κ3) is 8.16. The minimum absolute atomic E-state index is 0.0516. The average molecular weight is 670 g/mol. The van der Waals surface area contributed by atoms with Crippen molar-refractivity contribution in [2.75, 3.05) is 13.6 Å². The fraction of sp³-hybridized carbons (Fsp3) is 0.657. The van der Waals surface area contributed by atoms with Crippen molar-refractivity contribution in [2.24, 2.45) is 34.2 Å². The molecule has 12 heteroatoms. The topological polar surface area (TPSA) is 146 Å². The average Bonchev–Trinajstić information content (AvgIpc) is 3.91. The van der Waals surface area contributed by atoms with Crippen LogP contribution in [0.2, 0.25) is 5.02 Å². The van der Waals surface area contributed by atoms with Gasteiger partial charge in [-0.25, -0.2) is 0 Å². The van der Waals surface area contributed by atoms with Crippen LogP contribution in [0, 0.1) is 29.1 Å². The molecule has 0 bridgehead atoms. The number of oxime groups is 1. The Bertz CT molecular complexity index is 1450. The minimum Gasteiger partial charge on any atom is -0.387 e. The van der Waals surface area contributed by atoms with E-state index in [0.717, 1.165) is 31.2 Å². The quantitative estimate of drug-likeness (QED) is 0.290. The van der Waals surface area contributed by atoms with Crippen LogP contribution >= 0.6 is 11.6 Å². The second-order valence-electron chi connectivity index (χ2n) is 15.4. The molecule has 0 aromatic heterocycles. The number of likely N-dealkylation sites (N-methyl/N-ethyl adjacent to an activating group) is 1. The summed E-state index contributed by atoms with van der Waals surface area (Å²) in [5.74, 6) is -1.71. The Morgan fingerprint density at radius 2 is 1.81 bits per heavy atom. The lowest BCUT2D eigenvalue weighted by Gasteiger charge is -2.35. The van der Waals surface area contributed by atoms with Crippen molar-refractivity contribution in [1.29, 1.82) is 0 Å². The van der Waals surface area contributed by atoms with Gasteiger partial charge in [-0.3, -0.25) is 24.0 Å². The van der Waals surface area contributed by atoms with Crippen molar-refractivity contribution in [3.05, 3.63) is 34.9 Å². The van der Waals surface area contributed by atoms with Gasteiger partial charge in [0.2, 0.25) is 23.5 Å². The van der Waals surface area contributed by atoms with Crippen LogP contribution in [-0.2, 0) is 28.8 Å². The number of halogens is 1. The predicted octanol–water partition coefficient (Wildman–Crippen LogP) is 3.62. The maximum Gasteiger partial charge on any atom is 0.289 e. The summed E-state index contributed by atoms with van der Waals surface area (Å²) in [6.07, 6.45) is 4.39. The van der Waals surface area contributed by atoms with Crippen LogP contribution in [0.4, 0.5) is 0 Å². The third-order valence-electron chi connectivity index (χ3n) is 9.77. The number of hydrogen-bond acceptors (Lipinski definition) is 7. The normalized spacial score (nSPS) is 26.3. The largest absolute Gasteiger partial charge is 0.387 e. The van der Waals surface area contributed by atoms with Crippen LogP contribution in [0.15, 0.2) is 29.4 Å². The number of carbonyl (C=O) groups excluding carboxylic acids is 5. The molecule has 0 radical (unpaired) electrons. The third-order valence-corrected chi connectivity index (χ3v) is 10.0. The maximum atomic E-state index is 14.5. The number of hydrogen-bond donors (Lipinski definition) is 3. The summed E-state index contributed by atoms with van der Waals surface area (Å²) < 4.78 is 0. The van der Waals surface area contributed by atoms with Crippen LogP contribution < -0.4 is 16.0 Å². The van der Waals surface area contributed by atoms with Gasteiger partial charge in [-0.05, 0) is 54.6 Å². The molecule has 47 heavy (non-hydrogen) atoms. The molecule has 4 aliphatic rings. The molecular formula is C35H48ClN5O6. The zero-order valence-corrected chi connectivity index (χ0v) is 29.0. The van der Waals surface area contributed by atoms with Crippen LogP contribution in [-0.4, -0.2) is 77.3 Å². The first kappa shape index (κ1) is 34.9. The predicted molar refractivity (Wildman–Crippen MR) is 177 cm³/mol. The van der Waals surface area contributed by atoms with Crippen LogP contribution in [0.3, 0.4) is 0 Å². The Hall–Kier alpha value is -3.47. The molecule has 2 heterocycles. The van der Waals surface area contributed by atoms with E-state index in [2.05, 4.69) is 35.0 Å². The first-order valence-corrected chi connectivity index (χ1v) is 17.2. The molecule has 3 fully saturated rings. The van der Waals surface area contributed by atoms with E-state index in [0.29, 0.717) is 35.4 Å². The van der Waals surface area contributed by atoms with E-state index in [1.54, 1.807) is 12.1 Å². The highest BCUT2D eigenvalue weighted by atomic mass is 35.5. The summed E-state index contributed by atoms with van der Waals surface area (Å²) in [7, 11) is 1.37. The molecule has 1 saturated heterocycles. The summed E-state index contributed by atoms with van der Waals surface area (Å²) in [4.78, 5) is 74.9. The fourth-order valence-electron chi connectivity index (χ4n) is 6.92. The SMILES string of the molecule is CNC(=O)C(=O)[C@H](CC1CC1)NC(=O)[C@@H]1C[C@]2(CC(c3cccc(Cl)c3)=NO2)CN1C(=O)[C@@H](NC(=O)C1C[C@@H]1CC(C)C)C(C)(C)C. The summed E-state index contributed by atoms with van der Waals surface area (Å²) in [5, 5.41) is 13.1. The zero-order chi connectivity index (χ0) is 34.3. The summed E-state index contributed by atoms with van der Waals surface area (Å²) in [5.41, 5.74) is -0.250. The van der Waals surface area contributed by atoms with Gasteiger partial charge < -0.3 is 25.7 Å². The van der Waals surface area contributed by atoms with E-state index in [-0.39, 0.29) is 30.7 Å². The first-order chi connectivity index (χ1) is 22.1. The van der Waals surface area contributed by atoms with Crippen molar-refractivity contribution in [1.82, 2.24) is 20.9 Å². The van der Waals surface area contributed by atoms with Crippen molar-refractivity contribution in [3.8, 4) is 0 Å². The Morgan fingerprint density at radius 1 is 1.09 bits per heavy atom. The number of amides is 4. The van der Waals surface area contributed by atoms with Gasteiger partial charge in [0.15, 0.2) is 5.60 Å². The number of nitrogens with one attached hydrogen (secondary N) is 3. The van der Waals surface area contributed by atoms with Gasteiger partial charge in [-0.1, -0.05) is 76.3 Å². The standard InChI is InChI=1S/C35H48ClN5O6/c1-19(2)12-22-15-24(22)30(43)39-29(34(3,4)5)33(46)41-18-35(16-26(40-47-35)21-8-7-9-23(36)14-21)17-27(41)31(44)38-25(13-20-10-11-20)28(42)32(45)37-6/h7-9,14,19-20,22,24-25,27,29H,10-13,15-18H2,1-6H3,(H,37,45)(H,38,44)(H,39,43)/t22-,24?,25-,27-,29+,35+/m0/s1. The maximum absolute atomic E-state index is 14.5. The molecule has 256 valence electrons. The molecule has 4 amide bonds. The van der Waals surface area contributed by atoms with E-state index in [1.807, 2.05) is 32.9 Å². The number of carbonyl (C=O) groups is 5. The number of rotatable bonds is 12. The van der Waals surface area contributed by atoms with Crippen LogP contribution in [0.25, 0.3) is 0 Å². The number of nitrogens with zero attached hydrogens (tertiary/aromatic N) is 2. The number of Topliss-reactive ketones (excluding diaryl/α,β-unsaturated/α-hetero) is 1. The van der Waals surface area contributed by atoms with E-state index in [4.69, 9.17) is 16.4 Å². The lowest BCUT2D eigenvalue weighted by Crippen LogP contribution is -2.59. The fourth-order valence-corrected chi connectivity index (χ4v) is 7.11. The molecule has 11 nitrogen and oxygen atoms in total.